The number of hydrogen-bond acceptors (Lipinski definition) is 2. The fourth-order valence-corrected chi connectivity index (χ4v) is 1.96. The zero-order valence-electron chi connectivity index (χ0n) is 10.4. The van der Waals surface area contributed by atoms with Crippen LogP contribution in [0.1, 0.15) is 23.7 Å². The van der Waals surface area contributed by atoms with E-state index < -0.39 is 23.2 Å². The minimum absolute atomic E-state index is 0.0596. The van der Waals surface area contributed by atoms with Gasteiger partial charge in [-0.25, -0.2) is 4.39 Å². The van der Waals surface area contributed by atoms with Crippen molar-refractivity contribution in [2.75, 3.05) is 0 Å². The minimum Gasteiger partial charge on any atom is -0.379 e. The molecular formula is C14H11F4NO. The van der Waals surface area contributed by atoms with Gasteiger partial charge in [-0.05, 0) is 25.1 Å². The van der Waals surface area contributed by atoms with E-state index in [1.54, 1.807) is 0 Å². The molecular weight excluding hydrogens is 274 g/mol. The Morgan fingerprint density at radius 1 is 1.00 bits per heavy atom. The molecule has 0 saturated carbocycles. The third kappa shape index (κ3) is 2.65. The number of rotatable bonds is 2. The van der Waals surface area contributed by atoms with E-state index in [0.29, 0.717) is 0 Å². The molecule has 0 amide bonds. The molecule has 0 spiro atoms. The van der Waals surface area contributed by atoms with Crippen LogP contribution in [-0.4, -0.2) is 10.1 Å². The number of pyridine rings is 1. The van der Waals surface area contributed by atoms with Crippen LogP contribution >= 0.6 is 0 Å². The zero-order chi connectivity index (χ0) is 15.0. The lowest BCUT2D eigenvalue weighted by atomic mass is 9.88. The van der Waals surface area contributed by atoms with Crippen LogP contribution in [0.3, 0.4) is 0 Å². The van der Waals surface area contributed by atoms with Crippen molar-refractivity contribution >= 4 is 0 Å². The average molecular weight is 285 g/mol. The van der Waals surface area contributed by atoms with Crippen LogP contribution in [-0.2, 0) is 11.8 Å². The SMILES string of the molecule is CC(O)(c1ccc(F)cn1)c1ccccc1C(F)(F)F. The number of nitrogens with zero attached hydrogens (tertiary/aromatic N) is 1. The molecule has 0 bridgehead atoms. The summed E-state index contributed by atoms with van der Waals surface area (Å²) in [6, 6.07) is 6.87. The second-order valence-electron chi connectivity index (χ2n) is 4.48. The average Bonchev–Trinajstić information content (AvgIpc) is 2.38. The van der Waals surface area contributed by atoms with E-state index in [2.05, 4.69) is 4.98 Å². The number of halogens is 4. The van der Waals surface area contributed by atoms with E-state index in [-0.39, 0.29) is 11.3 Å². The van der Waals surface area contributed by atoms with Crippen LogP contribution in [0.25, 0.3) is 0 Å². The molecule has 0 saturated heterocycles. The van der Waals surface area contributed by atoms with Crippen molar-refractivity contribution in [3.8, 4) is 0 Å². The Balaban J connectivity index is 2.57. The molecule has 1 aromatic carbocycles. The number of aromatic nitrogens is 1. The molecule has 0 aliphatic rings. The van der Waals surface area contributed by atoms with Gasteiger partial charge in [0, 0.05) is 5.56 Å². The summed E-state index contributed by atoms with van der Waals surface area (Å²) in [6.07, 6.45) is -3.75. The monoisotopic (exact) mass is 285 g/mol. The van der Waals surface area contributed by atoms with Crippen LogP contribution < -0.4 is 0 Å². The van der Waals surface area contributed by atoms with Crippen LogP contribution in [0, 0.1) is 5.82 Å². The van der Waals surface area contributed by atoms with Crippen LogP contribution in [0.5, 0.6) is 0 Å². The molecule has 0 aliphatic carbocycles. The van der Waals surface area contributed by atoms with Crippen molar-refractivity contribution in [3.05, 3.63) is 65.2 Å². The molecule has 0 aliphatic heterocycles. The van der Waals surface area contributed by atoms with Gasteiger partial charge in [-0.1, -0.05) is 18.2 Å². The Bertz CT molecular complexity index is 605. The lowest BCUT2D eigenvalue weighted by Gasteiger charge is -2.26. The highest BCUT2D eigenvalue weighted by Gasteiger charge is 2.39. The summed E-state index contributed by atoms with van der Waals surface area (Å²) in [5.74, 6) is -0.631. The highest BCUT2D eigenvalue weighted by molar-refractivity contribution is 5.39. The summed E-state index contributed by atoms with van der Waals surface area (Å²) < 4.78 is 51.7. The number of aliphatic hydroxyl groups is 1. The highest BCUT2D eigenvalue weighted by atomic mass is 19.4. The first-order valence-corrected chi connectivity index (χ1v) is 5.74. The fraction of sp³-hybridized carbons (Fsp3) is 0.214. The standard InChI is InChI=1S/C14H11F4NO/c1-13(20,12-7-6-9(15)8-19-12)10-4-2-3-5-11(10)14(16,17)18/h2-8,20H,1H3. The Labute approximate surface area is 112 Å². The molecule has 0 radical (unpaired) electrons. The maximum absolute atomic E-state index is 13.0. The topological polar surface area (TPSA) is 33.1 Å². The first kappa shape index (κ1) is 14.5. The van der Waals surface area contributed by atoms with Crippen molar-refractivity contribution in [2.45, 2.75) is 18.7 Å². The van der Waals surface area contributed by atoms with Crippen LogP contribution in [0.4, 0.5) is 17.6 Å². The van der Waals surface area contributed by atoms with E-state index >= 15 is 0 Å². The number of alkyl halides is 3. The molecule has 1 atom stereocenters. The fourth-order valence-electron chi connectivity index (χ4n) is 1.96. The minimum atomic E-state index is -4.60. The molecule has 6 heteroatoms. The molecule has 1 heterocycles. The highest BCUT2D eigenvalue weighted by Crippen LogP contribution is 2.38. The molecule has 20 heavy (non-hydrogen) atoms. The second kappa shape index (κ2) is 4.86. The first-order valence-electron chi connectivity index (χ1n) is 5.74. The van der Waals surface area contributed by atoms with E-state index in [1.807, 2.05) is 0 Å². The Hall–Kier alpha value is -1.95. The molecule has 1 N–H and O–H groups in total. The summed E-state index contributed by atoms with van der Waals surface area (Å²) in [4.78, 5) is 3.66. The van der Waals surface area contributed by atoms with Gasteiger partial charge in [-0.15, -0.1) is 0 Å². The van der Waals surface area contributed by atoms with Gasteiger partial charge in [0.05, 0.1) is 17.5 Å². The summed E-state index contributed by atoms with van der Waals surface area (Å²) in [6.45, 7) is 1.19. The Morgan fingerprint density at radius 2 is 1.60 bits per heavy atom. The van der Waals surface area contributed by atoms with Gasteiger partial charge in [0.15, 0.2) is 0 Å². The van der Waals surface area contributed by atoms with Crippen molar-refractivity contribution in [1.29, 1.82) is 0 Å². The third-order valence-corrected chi connectivity index (χ3v) is 2.98. The molecule has 2 nitrogen and oxygen atoms in total. The van der Waals surface area contributed by atoms with Gasteiger partial charge in [-0.3, -0.25) is 4.98 Å². The van der Waals surface area contributed by atoms with Gasteiger partial charge < -0.3 is 5.11 Å². The predicted octanol–water partition coefficient (Wildman–Crippen LogP) is 3.50. The molecule has 106 valence electrons. The smallest absolute Gasteiger partial charge is 0.379 e. The molecule has 2 rings (SSSR count). The summed E-state index contributed by atoms with van der Waals surface area (Å²) in [5, 5.41) is 10.4. The predicted molar refractivity (Wildman–Crippen MR) is 64.3 cm³/mol. The molecule has 2 aromatic rings. The van der Waals surface area contributed by atoms with Gasteiger partial charge in [0.2, 0.25) is 0 Å². The van der Waals surface area contributed by atoms with Crippen molar-refractivity contribution in [3.63, 3.8) is 0 Å². The van der Waals surface area contributed by atoms with E-state index in [9.17, 15) is 22.7 Å². The maximum atomic E-state index is 13.0. The third-order valence-electron chi connectivity index (χ3n) is 2.98. The summed E-state index contributed by atoms with van der Waals surface area (Å²) >= 11 is 0. The molecule has 0 fully saturated rings. The van der Waals surface area contributed by atoms with Gasteiger partial charge in [0.1, 0.15) is 11.4 Å². The second-order valence-corrected chi connectivity index (χ2v) is 4.48. The van der Waals surface area contributed by atoms with Gasteiger partial charge >= 0.3 is 6.18 Å². The zero-order valence-corrected chi connectivity index (χ0v) is 10.4. The van der Waals surface area contributed by atoms with Crippen LogP contribution in [0.2, 0.25) is 0 Å². The van der Waals surface area contributed by atoms with E-state index in [1.165, 1.54) is 25.1 Å². The Morgan fingerprint density at radius 3 is 2.10 bits per heavy atom. The van der Waals surface area contributed by atoms with E-state index in [0.717, 1.165) is 24.4 Å². The normalized spacial score (nSPS) is 14.9. The lowest BCUT2D eigenvalue weighted by Crippen LogP contribution is -2.28. The first-order chi connectivity index (χ1) is 9.23. The molecule has 1 aromatic heterocycles. The van der Waals surface area contributed by atoms with Crippen molar-refractivity contribution < 1.29 is 22.7 Å². The number of benzene rings is 1. The Kier molecular flexibility index (Phi) is 3.52. The molecule has 1 unspecified atom stereocenters. The van der Waals surface area contributed by atoms with Gasteiger partial charge in [-0.2, -0.15) is 13.2 Å². The quantitative estimate of drug-likeness (QED) is 0.857. The van der Waals surface area contributed by atoms with E-state index in [4.69, 9.17) is 0 Å². The van der Waals surface area contributed by atoms with Crippen molar-refractivity contribution in [1.82, 2.24) is 4.98 Å². The summed E-state index contributed by atoms with van der Waals surface area (Å²) in [7, 11) is 0. The van der Waals surface area contributed by atoms with Crippen LogP contribution in [0.15, 0.2) is 42.6 Å². The largest absolute Gasteiger partial charge is 0.416 e. The summed E-state index contributed by atoms with van der Waals surface area (Å²) in [5.41, 5.74) is -3.31. The number of hydrogen-bond donors (Lipinski definition) is 1. The lowest BCUT2D eigenvalue weighted by molar-refractivity contribution is -0.140. The van der Waals surface area contributed by atoms with Crippen molar-refractivity contribution in [2.24, 2.45) is 0 Å². The maximum Gasteiger partial charge on any atom is 0.416 e. The van der Waals surface area contributed by atoms with Gasteiger partial charge in [0.25, 0.3) is 0 Å².